The summed E-state index contributed by atoms with van der Waals surface area (Å²) in [5, 5.41) is 9.58. The number of hydrogen-bond acceptors (Lipinski definition) is 2. The van der Waals surface area contributed by atoms with Gasteiger partial charge in [-0.25, -0.2) is 0 Å². The standard InChI is InChI=1S/C8H10O2/c9-7-5-8(10)3-1-6(7)2-4-8/h1,3,6,10H,2,4-5H2/t6-,8-/m1/s1. The van der Waals surface area contributed by atoms with E-state index < -0.39 is 5.60 Å². The number of hydrogen-bond donors (Lipinski definition) is 1. The molecule has 1 saturated carbocycles. The summed E-state index contributed by atoms with van der Waals surface area (Å²) in [6, 6.07) is 0. The lowest BCUT2D eigenvalue weighted by Gasteiger charge is -2.36. The van der Waals surface area contributed by atoms with Crippen LogP contribution >= 0.6 is 0 Å². The van der Waals surface area contributed by atoms with Gasteiger partial charge < -0.3 is 5.11 Å². The van der Waals surface area contributed by atoms with E-state index in [0.29, 0.717) is 6.42 Å². The highest BCUT2D eigenvalue weighted by Crippen LogP contribution is 2.36. The first kappa shape index (κ1) is 6.10. The lowest BCUT2D eigenvalue weighted by atomic mass is 9.72. The third kappa shape index (κ3) is 0.721. The van der Waals surface area contributed by atoms with E-state index >= 15 is 0 Å². The number of allylic oxidation sites excluding steroid dienone is 1. The Bertz CT molecular complexity index is 207. The summed E-state index contributed by atoms with van der Waals surface area (Å²) in [5.74, 6) is 0.324. The van der Waals surface area contributed by atoms with Crippen LogP contribution in [-0.4, -0.2) is 16.5 Å². The minimum absolute atomic E-state index is 0.119. The third-order valence-electron chi connectivity index (χ3n) is 2.42. The molecule has 10 heavy (non-hydrogen) atoms. The molecule has 0 aromatic rings. The van der Waals surface area contributed by atoms with E-state index in [-0.39, 0.29) is 11.7 Å². The molecule has 0 saturated heterocycles. The Morgan fingerprint density at radius 1 is 1.70 bits per heavy atom. The Morgan fingerprint density at radius 2 is 2.50 bits per heavy atom. The van der Waals surface area contributed by atoms with E-state index in [9.17, 15) is 9.90 Å². The Labute approximate surface area is 59.5 Å². The van der Waals surface area contributed by atoms with Crippen molar-refractivity contribution in [1.29, 1.82) is 0 Å². The molecule has 0 aromatic heterocycles. The van der Waals surface area contributed by atoms with Crippen molar-refractivity contribution in [2.45, 2.75) is 24.9 Å². The third-order valence-corrected chi connectivity index (χ3v) is 2.42. The number of fused-ring (bicyclic) bond motifs is 2. The van der Waals surface area contributed by atoms with Crippen molar-refractivity contribution in [1.82, 2.24) is 0 Å². The Hall–Kier alpha value is -0.630. The maximum Gasteiger partial charge on any atom is 0.142 e. The first-order valence-electron chi connectivity index (χ1n) is 3.64. The largest absolute Gasteiger partial charge is 0.385 e. The summed E-state index contributed by atoms with van der Waals surface area (Å²) in [7, 11) is 0. The van der Waals surface area contributed by atoms with Gasteiger partial charge >= 0.3 is 0 Å². The zero-order valence-corrected chi connectivity index (χ0v) is 5.71. The molecule has 2 bridgehead atoms. The van der Waals surface area contributed by atoms with Crippen molar-refractivity contribution < 1.29 is 9.90 Å². The lowest BCUT2D eigenvalue weighted by molar-refractivity contribution is -0.130. The fourth-order valence-corrected chi connectivity index (χ4v) is 1.73. The topological polar surface area (TPSA) is 37.3 Å². The number of aliphatic hydroxyl groups is 1. The number of carbonyl (C=O) groups excluding carboxylic acids is 1. The van der Waals surface area contributed by atoms with Crippen molar-refractivity contribution in [3.63, 3.8) is 0 Å². The van der Waals surface area contributed by atoms with Gasteiger partial charge in [-0.3, -0.25) is 4.79 Å². The molecule has 1 fully saturated rings. The van der Waals surface area contributed by atoms with Crippen LogP contribution in [0, 0.1) is 5.92 Å². The smallest absolute Gasteiger partial charge is 0.142 e. The molecule has 2 nitrogen and oxygen atoms in total. The van der Waals surface area contributed by atoms with Crippen LogP contribution in [0.25, 0.3) is 0 Å². The van der Waals surface area contributed by atoms with E-state index in [1.54, 1.807) is 6.08 Å². The molecule has 2 atom stereocenters. The van der Waals surface area contributed by atoms with Crippen LogP contribution in [0.5, 0.6) is 0 Å². The molecule has 0 heterocycles. The molecule has 0 aliphatic heterocycles. The Kier molecular flexibility index (Phi) is 1.04. The second kappa shape index (κ2) is 1.70. The van der Waals surface area contributed by atoms with E-state index in [1.165, 1.54) is 0 Å². The van der Waals surface area contributed by atoms with Crippen LogP contribution < -0.4 is 0 Å². The average Bonchev–Trinajstić information content (AvgIpc) is 1.87. The molecule has 3 rings (SSSR count). The van der Waals surface area contributed by atoms with Crippen molar-refractivity contribution in [3.05, 3.63) is 12.2 Å². The zero-order valence-electron chi connectivity index (χ0n) is 5.71. The van der Waals surface area contributed by atoms with Gasteiger partial charge in [-0.2, -0.15) is 0 Å². The molecule has 0 aromatic carbocycles. The minimum atomic E-state index is -0.772. The first-order valence-corrected chi connectivity index (χ1v) is 3.64. The van der Waals surface area contributed by atoms with Gasteiger partial charge in [0.25, 0.3) is 0 Å². The summed E-state index contributed by atoms with van der Waals surface area (Å²) >= 11 is 0. The highest BCUT2D eigenvalue weighted by atomic mass is 16.3. The Balaban J connectivity index is 2.36. The molecule has 1 N–H and O–H groups in total. The van der Waals surface area contributed by atoms with E-state index in [1.807, 2.05) is 6.08 Å². The fraction of sp³-hybridized carbons (Fsp3) is 0.625. The van der Waals surface area contributed by atoms with Gasteiger partial charge in [0.15, 0.2) is 0 Å². The monoisotopic (exact) mass is 138 g/mol. The van der Waals surface area contributed by atoms with Gasteiger partial charge in [0.2, 0.25) is 0 Å². The summed E-state index contributed by atoms with van der Waals surface area (Å²) in [4.78, 5) is 11.0. The molecule has 54 valence electrons. The molecular weight excluding hydrogens is 128 g/mol. The van der Waals surface area contributed by atoms with E-state index in [4.69, 9.17) is 0 Å². The molecule has 0 radical (unpaired) electrons. The maximum atomic E-state index is 11.0. The van der Waals surface area contributed by atoms with Crippen LogP contribution in [-0.2, 0) is 4.79 Å². The predicted octanol–water partition coefficient (Wildman–Crippen LogP) is 0.657. The number of rotatable bonds is 0. The SMILES string of the molecule is O=C1C[C@@]2(O)C=C[C@@H]1CC2. The van der Waals surface area contributed by atoms with Gasteiger partial charge in [-0.05, 0) is 12.8 Å². The lowest BCUT2D eigenvalue weighted by Crippen LogP contribution is -2.41. The predicted molar refractivity (Wildman–Crippen MR) is 36.4 cm³/mol. The van der Waals surface area contributed by atoms with Crippen LogP contribution in [0.15, 0.2) is 12.2 Å². The summed E-state index contributed by atoms with van der Waals surface area (Å²) < 4.78 is 0. The molecule has 3 aliphatic rings. The van der Waals surface area contributed by atoms with Gasteiger partial charge in [0, 0.05) is 12.3 Å². The van der Waals surface area contributed by atoms with Gasteiger partial charge in [-0.1, -0.05) is 12.2 Å². The summed E-state index contributed by atoms with van der Waals surface area (Å²) in [6.07, 6.45) is 5.57. The zero-order chi connectivity index (χ0) is 7.19. The molecule has 3 aliphatic carbocycles. The average molecular weight is 138 g/mol. The van der Waals surface area contributed by atoms with Crippen molar-refractivity contribution in [3.8, 4) is 0 Å². The van der Waals surface area contributed by atoms with Crippen LogP contribution in [0.2, 0.25) is 0 Å². The summed E-state index contributed by atoms with van der Waals surface area (Å²) in [5.41, 5.74) is -0.772. The van der Waals surface area contributed by atoms with Crippen LogP contribution in [0.4, 0.5) is 0 Å². The van der Waals surface area contributed by atoms with Gasteiger partial charge in [0.05, 0.1) is 5.60 Å². The van der Waals surface area contributed by atoms with Gasteiger partial charge in [0.1, 0.15) is 5.78 Å². The van der Waals surface area contributed by atoms with Crippen LogP contribution in [0.1, 0.15) is 19.3 Å². The normalized spacial score (nSPS) is 44.5. The van der Waals surface area contributed by atoms with Crippen molar-refractivity contribution in [2.75, 3.05) is 0 Å². The highest BCUT2D eigenvalue weighted by molar-refractivity contribution is 5.86. The molecule has 0 amide bonds. The Morgan fingerprint density at radius 3 is 2.80 bits per heavy atom. The second-order valence-corrected chi connectivity index (χ2v) is 3.25. The number of carbonyl (C=O) groups is 1. The highest BCUT2D eigenvalue weighted by Gasteiger charge is 2.39. The molecular formula is C8H10O2. The molecule has 0 spiro atoms. The molecule has 2 heteroatoms. The fourth-order valence-electron chi connectivity index (χ4n) is 1.73. The summed E-state index contributed by atoms with van der Waals surface area (Å²) in [6.45, 7) is 0. The van der Waals surface area contributed by atoms with E-state index in [0.717, 1.165) is 12.8 Å². The minimum Gasteiger partial charge on any atom is -0.385 e. The number of Topliss-reactive ketones (excluding diaryl/α,β-unsaturated/α-hetero) is 1. The first-order chi connectivity index (χ1) is 4.70. The van der Waals surface area contributed by atoms with Gasteiger partial charge in [-0.15, -0.1) is 0 Å². The number of ketones is 1. The van der Waals surface area contributed by atoms with Crippen molar-refractivity contribution >= 4 is 5.78 Å². The van der Waals surface area contributed by atoms with E-state index in [2.05, 4.69) is 0 Å². The second-order valence-electron chi connectivity index (χ2n) is 3.25. The van der Waals surface area contributed by atoms with Crippen LogP contribution in [0.3, 0.4) is 0 Å². The maximum absolute atomic E-state index is 11.0. The molecule has 0 unspecified atom stereocenters. The quantitative estimate of drug-likeness (QED) is 0.499. The van der Waals surface area contributed by atoms with Crippen molar-refractivity contribution in [2.24, 2.45) is 5.92 Å².